The van der Waals surface area contributed by atoms with Crippen LogP contribution >= 0.6 is 15.9 Å². The van der Waals surface area contributed by atoms with E-state index >= 15 is 0 Å². The molecule has 2 amide bonds. The van der Waals surface area contributed by atoms with Gasteiger partial charge in [-0.1, -0.05) is 40.2 Å². The summed E-state index contributed by atoms with van der Waals surface area (Å²) in [5.74, 6) is -0.247. The molecular weight excluding hydrogens is 348 g/mol. The number of hydrogen-bond donors (Lipinski definition) is 2. The summed E-state index contributed by atoms with van der Waals surface area (Å²) in [6.07, 6.45) is 0. The maximum Gasteiger partial charge on any atom is 0.276 e. The van der Waals surface area contributed by atoms with E-state index < -0.39 is 11.8 Å². The molecule has 6 heteroatoms. The van der Waals surface area contributed by atoms with Crippen molar-refractivity contribution in [2.24, 2.45) is 0 Å². The summed E-state index contributed by atoms with van der Waals surface area (Å²) in [5, 5.41) is 0. The molecular formula is C16H15BrN2O3. The van der Waals surface area contributed by atoms with Gasteiger partial charge in [0.2, 0.25) is 0 Å². The topological polar surface area (TPSA) is 67.4 Å². The first-order chi connectivity index (χ1) is 10.6. The van der Waals surface area contributed by atoms with Crippen molar-refractivity contribution in [3.05, 3.63) is 64.1 Å². The van der Waals surface area contributed by atoms with Gasteiger partial charge in [-0.15, -0.1) is 0 Å². The van der Waals surface area contributed by atoms with Crippen LogP contribution in [0.1, 0.15) is 15.9 Å². The standard InChI is InChI=1S/C16H15BrN2O3/c1-11-7-8-12(9-14(11)17)16(21)19-18-15(20)10-22-13-5-3-2-4-6-13/h2-9H,10H2,1H3,(H,18,20)(H,19,21). The number of amides is 2. The maximum atomic E-state index is 11.9. The van der Waals surface area contributed by atoms with E-state index in [1.54, 1.807) is 24.3 Å². The molecule has 0 saturated carbocycles. The van der Waals surface area contributed by atoms with Crippen molar-refractivity contribution in [2.75, 3.05) is 6.61 Å². The SMILES string of the molecule is Cc1ccc(C(=O)NNC(=O)COc2ccccc2)cc1Br. The van der Waals surface area contributed by atoms with Gasteiger partial charge in [0.1, 0.15) is 5.75 Å². The molecule has 0 fully saturated rings. The first-order valence-electron chi connectivity index (χ1n) is 6.59. The Morgan fingerprint density at radius 1 is 1.09 bits per heavy atom. The zero-order valence-electron chi connectivity index (χ0n) is 11.9. The van der Waals surface area contributed by atoms with Gasteiger partial charge in [0.25, 0.3) is 11.8 Å². The summed E-state index contributed by atoms with van der Waals surface area (Å²) < 4.78 is 6.10. The highest BCUT2D eigenvalue weighted by molar-refractivity contribution is 9.10. The second-order valence-electron chi connectivity index (χ2n) is 4.57. The number of rotatable bonds is 4. The molecule has 5 nitrogen and oxygen atoms in total. The molecule has 0 heterocycles. The summed E-state index contributed by atoms with van der Waals surface area (Å²) in [7, 11) is 0. The molecule has 2 N–H and O–H groups in total. The Balaban J connectivity index is 1.80. The molecule has 2 aromatic rings. The number of hydrogen-bond acceptors (Lipinski definition) is 3. The van der Waals surface area contributed by atoms with E-state index in [-0.39, 0.29) is 6.61 Å². The molecule has 0 bridgehead atoms. The van der Waals surface area contributed by atoms with Crippen LogP contribution in [0.5, 0.6) is 5.75 Å². The Morgan fingerprint density at radius 3 is 2.50 bits per heavy atom. The van der Waals surface area contributed by atoms with Crippen LogP contribution in [0.4, 0.5) is 0 Å². The van der Waals surface area contributed by atoms with Crippen molar-refractivity contribution in [1.29, 1.82) is 0 Å². The highest BCUT2D eigenvalue weighted by Gasteiger charge is 2.09. The molecule has 0 spiro atoms. The van der Waals surface area contributed by atoms with Crippen molar-refractivity contribution < 1.29 is 14.3 Å². The monoisotopic (exact) mass is 362 g/mol. The quantitative estimate of drug-likeness (QED) is 0.821. The number of hydrazine groups is 1. The zero-order chi connectivity index (χ0) is 15.9. The third-order valence-electron chi connectivity index (χ3n) is 2.86. The zero-order valence-corrected chi connectivity index (χ0v) is 13.5. The van der Waals surface area contributed by atoms with Crippen LogP contribution in [0, 0.1) is 6.92 Å². The lowest BCUT2D eigenvalue weighted by molar-refractivity contribution is -0.123. The van der Waals surface area contributed by atoms with E-state index in [1.165, 1.54) is 0 Å². The van der Waals surface area contributed by atoms with Crippen molar-refractivity contribution in [1.82, 2.24) is 10.9 Å². The normalized spacial score (nSPS) is 9.91. The highest BCUT2D eigenvalue weighted by atomic mass is 79.9. The average Bonchev–Trinajstić information content (AvgIpc) is 2.54. The minimum absolute atomic E-state index is 0.179. The third kappa shape index (κ3) is 4.60. The number of halogens is 1. The molecule has 114 valence electrons. The Labute approximate surface area is 136 Å². The lowest BCUT2D eigenvalue weighted by Gasteiger charge is -2.09. The minimum atomic E-state index is -0.441. The average molecular weight is 363 g/mol. The fourth-order valence-electron chi connectivity index (χ4n) is 1.63. The Kier molecular flexibility index (Phi) is 5.55. The van der Waals surface area contributed by atoms with Crippen LogP contribution in [0.2, 0.25) is 0 Å². The van der Waals surface area contributed by atoms with Gasteiger partial charge < -0.3 is 4.74 Å². The minimum Gasteiger partial charge on any atom is -0.484 e. The first-order valence-corrected chi connectivity index (χ1v) is 7.39. The fourth-order valence-corrected chi connectivity index (χ4v) is 2.01. The molecule has 0 aliphatic carbocycles. The molecule has 0 atom stereocenters. The van der Waals surface area contributed by atoms with Crippen LogP contribution in [-0.4, -0.2) is 18.4 Å². The predicted octanol–water partition coefficient (Wildman–Crippen LogP) is 2.60. The van der Waals surface area contributed by atoms with Crippen molar-refractivity contribution in [2.45, 2.75) is 6.92 Å². The summed E-state index contributed by atoms with van der Waals surface area (Å²) in [6, 6.07) is 14.2. The molecule has 0 unspecified atom stereocenters. The second kappa shape index (κ2) is 7.61. The van der Waals surface area contributed by atoms with Crippen LogP contribution in [-0.2, 0) is 4.79 Å². The lowest BCUT2D eigenvalue weighted by atomic mass is 10.1. The molecule has 0 saturated heterocycles. The Hall–Kier alpha value is -2.34. The van der Waals surface area contributed by atoms with E-state index in [1.807, 2.05) is 31.2 Å². The number of aryl methyl sites for hydroxylation is 1. The van der Waals surface area contributed by atoms with Gasteiger partial charge >= 0.3 is 0 Å². The van der Waals surface area contributed by atoms with Crippen molar-refractivity contribution >= 4 is 27.7 Å². The van der Waals surface area contributed by atoms with E-state index in [2.05, 4.69) is 26.8 Å². The van der Waals surface area contributed by atoms with Gasteiger partial charge in [-0.05, 0) is 36.8 Å². The fraction of sp³-hybridized carbons (Fsp3) is 0.125. The number of carbonyl (C=O) groups excluding carboxylic acids is 2. The van der Waals surface area contributed by atoms with Gasteiger partial charge in [0, 0.05) is 10.0 Å². The van der Waals surface area contributed by atoms with E-state index in [0.717, 1.165) is 10.0 Å². The molecule has 0 aromatic heterocycles. The lowest BCUT2D eigenvalue weighted by Crippen LogP contribution is -2.43. The summed E-state index contributed by atoms with van der Waals surface area (Å²) in [6.45, 7) is 1.75. The largest absolute Gasteiger partial charge is 0.484 e. The second-order valence-corrected chi connectivity index (χ2v) is 5.42. The molecule has 0 aliphatic heterocycles. The summed E-state index contributed by atoms with van der Waals surface area (Å²) in [5.41, 5.74) is 6.12. The number of ether oxygens (including phenoxy) is 1. The number of benzene rings is 2. The summed E-state index contributed by atoms with van der Waals surface area (Å²) in [4.78, 5) is 23.5. The predicted molar refractivity (Wildman–Crippen MR) is 86.4 cm³/mol. The van der Waals surface area contributed by atoms with E-state index in [4.69, 9.17) is 4.74 Å². The number of para-hydroxylation sites is 1. The van der Waals surface area contributed by atoms with Crippen LogP contribution in [0.25, 0.3) is 0 Å². The molecule has 22 heavy (non-hydrogen) atoms. The number of nitrogens with one attached hydrogen (secondary N) is 2. The highest BCUT2D eigenvalue weighted by Crippen LogP contribution is 2.17. The summed E-state index contributed by atoms with van der Waals surface area (Å²) >= 11 is 3.36. The first kappa shape index (κ1) is 16.0. The van der Waals surface area contributed by atoms with Crippen molar-refractivity contribution in [3.63, 3.8) is 0 Å². The Bertz CT molecular complexity index is 674. The van der Waals surface area contributed by atoms with Crippen LogP contribution in [0.3, 0.4) is 0 Å². The van der Waals surface area contributed by atoms with Gasteiger partial charge in [-0.3, -0.25) is 20.4 Å². The van der Waals surface area contributed by atoms with Crippen LogP contribution < -0.4 is 15.6 Å². The van der Waals surface area contributed by atoms with Gasteiger partial charge in [0.15, 0.2) is 6.61 Å². The van der Waals surface area contributed by atoms with Gasteiger partial charge in [0.05, 0.1) is 0 Å². The van der Waals surface area contributed by atoms with Gasteiger partial charge in [-0.25, -0.2) is 0 Å². The molecule has 2 rings (SSSR count). The molecule has 0 radical (unpaired) electrons. The van der Waals surface area contributed by atoms with E-state index in [0.29, 0.717) is 11.3 Å². The third-order valence-corrected chi connectivity index (χ3v) is 3.72. The maximum absolute atomic E-state index is 11.9. The molecule has 0 aliphatic rings. The number of carbonyl (C=O) groups is 2. The Morgan fingerprint density at radius 2 is 1.82 bits per heavy atom. The smallest absolute Gasteiger partial charge is 0.276 e. The van der Waals surface area contributed by atoms with E-state index in [9.17, 15) is 9.59 Å². The molecule has 2 aromatic carbocycles. The van der Waals surface area contributed by atoms with Crippen LogP contribution in [0.15, 0.2) is 53.0 Å². The van der Waals surface area contributed by atoms with Crippen molar-refractivity contribution in [3.8, 4) is 5.75 Å². The van der Waals surface area contributed by atoms with Gasteiger partial charge in [-0.2, -0.15) is 0 Å².